The molecule has 3 aromatic carbocycles. The van der Waals surface area contributed by atoms with E-state index in [4.69, 9.17) is 23.7 Å². The normalized spacial score (nSPS) is 14.3. The molecular formula is C35H41N3O8. The van der Waals surface area contributed by atoms with E-state index in [-0.39, 0.29) is 30.1 Å². The number of ether oxygens (including phenoxy) is 5. The van der Waals surface area contributed by atoms with Gasteiger partial charge >= 0.3 is 0 Å². The number of amides is 2. The Balaban J connectivity index is 1.24. The topological polar surface area (TPSA) is 133 Å². The van der Waals surface area contributed by atoms with E-state index in [2.05, 4.69) is 16.0 Å². The molecule has 1 heterocycles. The van der Waals surface area contributed by atoms with E-state index in [1.54, 1.807) is 33.5 Å². The van der Waals surface area contributed by atoms with Crippen molar-refractivity contribution in [1.29, 1.82) is 0 Å². The summed E-state index contributed by atoms with van der Waals surface area (Å²) in [7, 11) is 4.71. The standard InChI is InChI=1S/C35H41N3O8/c1-21(39)38-26-12-10-23-17-31(42-2)34(43-3)35(44-4)33(23)24-11-13-27(28(40)18-25(24)26)36-15-7-5-6-8-32(41)37-19-22-9-14-29-30(16-22)46-20-45-29/h9,11,13-14,16-18,26H,5-8,10,12,15,19-20H2,1-4H3,(H,36,40)(H,37,41)(H,38,39). The summed E-state index contributed by atoms with van der Waals surface area (Å²) in [4.78, 5) is 38.0. The van der Waals surface area contributed by atoms with Gasteiger partial charge in [-0.1, -0.05) is 18.6 Å². The van der Waals surface area contributed by atoms with Crippen LogP contribution >= 0.6 is 0 Å². The van der Waals surface area contributed by atoms with Crippen LogP contribution < -0.4 is 45.1 Å². The van der Waals surface area contributed by atoms with E-state index in [1.165, 1.54) is 6.92 Å². The summed E-state index contributed by atoms with van der Waals surface area (Å²) in [5.41, 5.74) is 4.50. The molecule has 0 aromatic heterocycles. The molecule has 5 rings (SSSR count). The van der Waals surface area contributed by atoms with Gasteiger partial charge in [0.25, 0.3) is 0 Å². The molecule has 0 saturated carbocycles. The predicted molar refractivity (Wildman–Crippen MR) is 174 cm³/mol. The van der Waals surface area contributed by atoms with E-state index in [0.717, 1.165) is 41.5 Å². The third kappa shape index (κ3) is 7.30. The highest BCUT2D eigenvalue weighted by molar-refractivity contribution is 5.83. The van der Waals surface area contributed by atoms with Gasteiger partial charge in [-0.25, -0.2) is 0 Å². The molecule has 11 nitrogen and oxygen atoms in total. The molecule has 0 fully saturated rings. The van der Waals surface area contributed by atoms with Crippen molar-refractivity contribution in [2.45, 2.75) is 58.0 Å². The molecule has 2 amide bonds. The number of aryl methyl sites for hydroxylation is 1. The van der Waals surface area contributed by atoms with Crippen LogP contribution in [0.4, 0.5) is 5.69 Å². The molecule has 244 valence electrons. The number of methoxy groups -OCH3 is 3. The van der Waals surface area contributed by atoms with E-state index in [9.17, 15) is 14.4 Å². The minimum atomic E-state index is -0.370. The third-order valence-corrected chi connectivity index (χ3v) is 8.24. The smallest absolute Gasteiger partial charge is 0.231 e. The fourth-order valence-corrected chi connectivity index (χ4v) is 6.00. The fraction of sp³-hybridized carbons (Fsp3) is 0.400. The van der Waals surface area contributed by atoms with Gasteiger partial charge in [0.15, 0.2) is 23.0 Å². The Hall–Kier alpha value is -4.93. The molecular weight excluding hydrogens is 590 g/mol. The predicted octanol–water partition coefficient (Wildman–Crippen LogP) is 4.88. The lowest BCUT2D eigenvalue weighted by Gasteiger charge is -2.19. The number of anilines is 1. The van der Waals surface area contributed by atoms with Crippen molar-refractivity contribution < 1.29 is 33.3 Å². The molecule has 46 heavy (non-hydrogen) atoms. The number of nitrogens with one attached hydrogen (secondary N) is 3. The van der Waals surface area contributed by atoms with Crippen molar-refractivity contribution in [3.05, 3.63) is 69.4 Å². The maximum absolute atomic E-state index is 13.5. The van der Waals surface area contributed by atoms with Gasteiger partial charge in [0.1, 0.15) is 0 Å². The van der Waals surface area contributed by atoms with Crippen molar-refractivity contribution in [1.82, 2.24) is 10.6 Å². The van der Waals surface area contributed by atoms with E-state index >= 15 is 0 Å². The Kier molecular flexibility index (Phi) is 10.5. The molecule has 3 aromatic rings. The van der Waals surface area contributed by atoms with Crippen LogP contribution in [0.25, 0.3) is 11.1 Å². The summed E-state index contributed by atoms with van der Waals surface area (Å²) >= 11 is 0. The van der Waals surface area contributed by atoms with Crippen LogP contribution in [0.3, 0.4) is 0 Å². The first-order chi connectivity index (χ1) is 22.3. The molecule has 1 aliphatic heterocycles. The van der Waals surface area contributed by atoms with Crippen molar-refractivity contribution >= 4 is 17.5 Å². The zero-order valence-electron chi connectivity index (χ0n) is 26.7. The lowest BCUT2D eigenvalue weighted by Crippen LogP contribution is -2.26. The van der Waals surface area contributed by atoms with Gasteiger partial charge in [-0.05, 0) is 78.3 Å². The molecule has 3 N–H and O–H groups in total. The monoisotopic (exact) mass is 631 g/mol. The van der Waals surface area contributed by atoms with Crippen LogP contribution in [0.1, 0.15) is 61.8 Å². The SMILES string of the molecule is COc1cc2c(c(OC)c1OC)-c1ccc(NCCCCCC(=O)NCc3ccc4c(c3)OCO4)c(=O)cc1C(NC(C)=O)CC2. The second kappa shape index (κ2) is 14.9. The Morgan fingerprint density at radius 1 is 0.913 bits per heavy atom. The van der Waals surface area contributed by atoms with Crippen molar-refractivity contribution in [3.63, 3.8) is 0 Å². The van der Waals surface area contributed by atoms with E-state index < -0.39 is 0 Å². The number of fused-ring (bicyclic) bond motifs is 4. The summed E-state index contributed by atoms with van der Waals surface area (Å²) in [6.07, 6.45) is 3.99. The summed E-state index contributed by atoms with van der Waals surface area (Å²) in [5, 5.41) is 9.25. The number of benzene rings is 2. The van der Waals surface area contributed by atoms with Crippen LogP contribution in [0.2, 0.25) is 0 Å². The quantitative estimate of drug-likeness (QED) is 0.226. The van der Waals surface area contributed by atoms with Gasteiger partial charge in [0, 0.05) is 32.0 Å². The van der Waals surface area contributed by atoms with Gasteiger partial charge < -0.3 is 39.6 Å². The summed E-state index contributed by atoms with van der Waals surface area (Å²) in [5.74, 6) is 2.74. The first-order valence-electron chi connectivity index (χ1n) is 15.5. The summed E-state index contributed by atoms with van der Waals surface area (Å²) < 4.78 is 27.8. The lowest BCUT2D eigenvalue weighted by molar-refractivity contribution is -0.121. The van der Waals surface area contributed by atoms with E-state index in [0.29, 0.717) is 72.4 Å². The molecule has 0 saturated heterocycles. The number of rotatable bonds is 13. The minimum absolute atomic E-state index is 0.0114. The Morgan fingerprint density at radius 3 is 2.48 bits per heavy atom. The van der Waals surface area contributed by atoms with Gasteiger partial charge in [-0.3, -0.25) is 14.4 Å². The molecule has 2 aliphatic rings. The second-order valence-electron chi connectivity index (χ2n) is 11.3. The van der Waals surface area contributed by atoms with Crippen molar-refractivity contribution in [3.8, 4) is 39.9 Å². The molecule has 1 aliphatic carbocycles. The molecule has 0 bridgehead atoms. The minimum Gasteiger partial charge on any atom is -0.493 e. The lowest BCUT2D eigenvalue weighted by atomic mass is 9.95. The van der Waals surface area contributed by atoms with Gasteiger partial charge in [0.2, 0.25) is 29.8 Å². The molecule has 1 atom stereocenters. The highest BCUT2D eigenvalue weighted by Gasteiger charge is 2.29. The number of carbonyl (C=O) groups excluding carboxylic acids is 2. The maximum Gasteiger partial charge on any atom is 0.231 e. The average molecular weight is 632 g/mol. The van der Waals surface area contributed by atoms with Crippen molar-refractivity contribution in [2.75, 3.05) is 40.0 Å². The number of hydrogen-bond acceptors (Lipinski definition) is 9. The Labute approximate surface area is 268 Å². The van der Waals surface area contributed by atoms with E-state index in [1.807, 2.05) is 30.3 Å². The average Bonchev–Trinajstić information content (AvgIpc) is 3.40. The third-order valence-electron chi connectivity index (χ3n) is 8.24. The zero-order valence-corrected chi connectivity index (χ0v) is 26.7. The number of carbonyl (C=O) groups is 2. The Morgan fingerprint density at radius 2 is 1.72 bits per heavy atom. The van der Waals surface area contributed by atoms with Crippen LogP contribution in [0.15, 0.2) is 47.3 Å². The van der Waals surface area contributed by atoms with Gasteiger partial charge in [-0.15, -0.1) is 0 Å². The van der Waals surface area contributed by atoms with Crippen LogP contribution in [0, 0.1) is 0 Å². The summed E-state index contributed by atoms with van der Waals surface area (Å²) in [6.45, 7) is 2.69. The highest BCUT2D eigenvalue weighted by atomic mass is 16.7. The maximum atomic E-state index is 13.5. The first kappa shape index (κ1) is 32.5. The number of unbranched alkanes of at least 4 members (excludes halogenated alkanes) is 2. The first-order valence-corrected chi connectivity index (χ1v) is 15.5. The fourth-order valence-electron chi connectivity index (χ4n) is 6.00. The van der Waals surface area contributed by atoms with Crippen molar-refractivity contribution in [2.24, 2.45) is 0 Å². The molecule has 0 spiro atoms. The molecule has 0 radical (unpaired) electrons. The van der Waals surface area contributed by atoms with Crippen LogP contribution in [-0.4, -0.2) is 46.5 Å². The van der Waals surface area contributed by atoms with Gasteiger partial charge in [-0.2, -0.15) is 0 Å². The summed E-state index contributed by atoms with van der Waals surface area (Å²) in [6, 6.07) is 12.5. The zero-order chi connectivity index (χ0) is 32.6. The highest BCUT2D eigenvalue weighted by Crippen LogP contribution is 2.50. The number of hydrogen-bond donors (Lipinski definition) is 3. The van der Waals surface area contributed by atoms with Gasteiger partial charge in [0.05, 0.1) is 33.1 Å². The van der Waals surface area contributed by atoms with Crippen LogP contribution in [0.5, 0.6) is 28.7 Å². The largest absolute Gasteiger partial charge is 0.493 e. The van der Waals surface area contributed by atoms with Crippen LogP contribution in [-0.2, 0) is 22.6 Å². The molecule has 11 heteroatoms. The molecule has 1 unspecified atom stereocenters. The second-order valence-corrected chi connectivity index (χ2v) is 11.3. The Bertz CT molecular complexity index is 1660.